The van der Waals surface area contributed by atoms with E-state index in [-0.39, 0.29) is 12.6 Å². The van der Waals surface area contributed by atoms with Crippen molar-refractivity contribution in [3.8, 4) is 0 Å². The summed E-state index contributed by atoms with van der Waals surface area (Å²) in [5.41, 5.74) is 4.74. The highest BCUT2D eigenvalue weighted by Gasteiger charge is 2.29. The van der Waals surface area contributed by atoms with E-state index in [1.165, 1.54) is 7.11 Å². The molecular weight excluding hydrogens is 170 g/mol. The lowest BCUT2D eigenvalue weighted by Gasteiger charge is -2.21. The van der Waals surface area contributed by atoms with Crippen LogP contribution in [0.4, 0.5) is 0 Å². The Bertz CT molecular complexity index is 209. The number of carbonyl (C=O) groups excluding carboxylic acids is 1. The second-order valence-electron chi connectivity index (χ2n) is 3.36. The fourth-order valence-corrected chi connectivity index (χ4v) is 0.682. The highest BCUT2D eigenvalue weighted by Crippen LogP contribution is 2.17. The molecule has 0 aliphatic rings. The highest BCUT2D eigenvalue weighted by molar-refractivity contribution is 5.75. The number of methoxy groups -OCH3 is 1. The third-order valence-corrected chi connectivity index (χ3v) is 1.62. The molecule has 0 aromatic heterocycles. The van der Waals surface area contributed by atoms with Gasteiger partial charge in [-0.3, -0.25) is 4.79 Å². The van der Waals surface area contributed by atoms with Gasteiger partial charge in [-0.25, -0.2) is 0 Å². The summed E-state index contributed by atoms with van der Waals surface area (Å²) in [7, 11) is 1.35. The normalized spacial score (nSPS) is 12.5. The first kappa shape index (κ1) is 11.8. The summed E-state index contributed by atoms with van der Waals surface area (Å²) in [4.78, 5) is 11.2. The maximum Gasteiger partial charge on any atom is 0.314 e. The second-order valence-corrected chi connectivity index (χ2v) is 3.36. The SMILES string of the molecule is C/C=C(\N)OCC(C)(C)C(=O)OC. The molecule has 0 radical (unpaired) electrons. The molecule has 0 saturated carbocycles. The summed E-state index contributed by atoms with van der Waals surface area (Å²) < 4.78 is 9.72. The number of carbonyl (C=O) groups is 1. The van der Waals surface area contributed by atoms with E-state index in [1.54, 1.807) is 26.8 Å². The molecule has 0 amide bonds. The van der Waals surface area contributed by atoms with E-state index in [9.17, 15) is 4.79 Å². The number of hydrogen-bond donors (Lipinski definition) is 1. The van der Waals surface area contributed by atoms with Gasteiger partial charge in [0.2, 0.25) is 0 Å². The van der Waals surface area contributed by atoms with E-state index in [1.807, 2.05) is 0 Å². The van der Waals surface area contributed by atoms with Gasteiger partial charge >= 0.3 is 5.97 Å². The molecule has 0 bridgehead atoms. The number of esters is 1. The molecule has 0 aromatic carbocycles. The van der Waals surface area contributed by atoms with Crippen LogP contribution in [0.25, 0.3) is 0 Å². The molecular formula is C9H17NO3. The van der Waals surface area contributed by atoms with E-state index in [0.717, 1.165) is 0 Å². The van der Waals surface area contributed by atoms with Crippen molar-refractivity contribution >= 4 is 5.97 Å². The topological polar surface area (TPSA) is 61.5 Å². The Hall–Kier alpha value is -1.19. The molecule has 2 N–H and O–H groups in total. The molecule has 13 heavy (non-hydrogen) atoms. The lowest BCUT2D eigenvalue weighted by atomic mass is 9.95. The first-order valence-corrected chi connectivity index (χ1v) is 4.07. The molecule has 0 rings (SSSR count). The average Bonchev–Trinajstić information content (AvgIpc) is 2.12. The lowest BCUT2D eigenvalue weighted by Crippen LogP contribution is -2.31. The van der Waals surface area contributed by atoms with E-state index in [0.29, 0.717) is 5.88 Å². The molecule has 0 unspecified atom stereocenters. The van der Waals surface area contributed by atoms with Gasteiger partial charge in [0.25, 0.3) is 0 Å². The molecule has 0 aliphatic heterocycles. The third-order valence-electron chi connectivity index (χ3n) is 1.62. The minimum Gasteiger partial charge on any atom is -0.478 e. The molecule has 0 aromatic rings. The molecule has 4 nitrogen and oxygen atoms in total. The Kier molecular flexibility index (Phi) is 4.31. The number of rotatable bonds is 4. The van der Waals surface area contributed by atoms with Crippen molar-refractivity contribution in [2.24, 2.45) is 11.1 Å². The molecule has 0 spiro atoms. The fourth-order valence-electron chi connectivity index (χ4n) is 0.682. The molecule has 0 aliphatic carbocycles. The van der Waals surface area contributed by atoms with Crippen molar-refractivity contribution in [3.63, 3.8) is 0 Å². The van der Waals surface area contributed by atoms with Crippen LogP contribution in [0.5, 0.6) is 0 Å². The van der Waals surface area contributed by atoms with Crippen LogP contribution in [-0.4, -0.2) is 19.7 Å². The zero-order valence-electron chi connectivity index (χ0n) is 8.59. The van der Waals surface area contributed by atoms with Crippen molar-refractivity contribution in [3.05, 3.63) is 12.0 Å². The Morgan fingerprint density at radius 1 is 1.54 bits per heavy atom. The summed E-state index contributed by atoms with van der Waals surface area (Å²) >= 11 is 0. The van der Waals surface area contributed by atoms with Gasteiger partial charge < -0.3 is 15.2 Å². The summed E-state index contributed by atoms with van der Waals surface area (Å²) in [5, 5.41) is 0. The Morgan fingerprint density at radius 3 is 2.46 bits per heavy atom. The van der Waals surface area contributed by atoms with E-state index in [4.69, 9.17) is 10.5 Å². The fraction of sp³-hybridized carbons (Fsp3) is 0.667. The van der Waals surface area contributed by atoms with Crippen molar-refractivity contribution < 1.29 is 14.3 Å². The summed E-state index contributed by atoms with van der Waals surface area (Å²) in [5.74, 6) is 0.00776. The lowest BCUT2D eigenvalue weighted by molar-refractivity contribution is -0.153. The number of hydrogen-bond acceptors (Lipinski definition) is 4. The summed E-state index contributed by atoms with van der Waals surface area (Å²) in [6.07, 6.45) is 1.63. The molecule has 0 fully saturated rings. The maximum absolute atomic E-state index is 11.2. The van der Waals surface area contributed by atoms with E-state index in [2.05, 4.69) is 4.74 Å². The van der Waals surface area contributed by atoms with Crippen LogP contribution in [0.15, 0.2) is 12.0 Å². The van der Waals surface area contributed by atoms with Gasteiger partial charge in [0.15, 0.2) is 5.88 Å². The minimum atomic E-state index is -0.664. The van der Waals surface area contributed by atoms with Crippen LogP contribution >= 0.6 is 0 Å². The Morgan fingerprint density at radius 2 is 2.08 bits per heavy atom. The van der Waals surface area contributed by atoms with Crippen molar-refractivity contribution in [1.29, 1.82) is 0 Å². The summed E-state index contributed by atoms with van der Waals surface area (Å²) in [6.45, 7) is 5.46. The molecule has 0 heterocycles. The van der Waals surface area contributed by atoms with Crippen LogP contribution in [-0.2, 0) is 14.3 Å². The number of allylic oxidation sites excluding steroid dienone is 1. The van der Waals surface area contributed by atoms with Crippen LogP contribution in [0.3, 0.4) is 0 Å². The molecule has 4 heteroatoms. The van der Waals surface area contributed by atoms with Gasteiger partial charge in [-0.1, -0.05) is 0 Å². The number of nitrogens with two attached hydrogens (primary N) is 1. The minimum absolute atomic E-state index is 0.218. The van der Waals surface area contributed by atoms with Crippen LogP contribution in [0, 0.1) is 5.41 Å². The Labute approximate surface area is 78.7 Å². The predicted octanol–water partition coefficient (Wildman–Crippen LogP) is 1.02. The predicted molar refractivity (Wildman–Crippen MR) is 49.7 cm³/mol. The van der Waals surface area contributed by atoms with Gasteiger partial charge in [0, 0.05) is 0 Å². The van der Waals surface area contributed by atoms with Crippen LogP contribution in [0.2, 0.25) is 0 Å². The first-order valence-electron chi connectivity index (χ1n) is 4.07. The third kappa shape index (κ3) is 3.83. The van der Waals surface area contributed by atoms with Crippen molar-refractivity contribution in [1.82, 2.24) is 0 Å². The molecule has 0 saturated heterocycles. The zero-order chi connectivity index (χ0) is 10.5. The zero-order valence-corrected chi connectivity index (χ0v) is 8.59. The first-order chi connectivity index (χ1) is 5.94. The van der Waals surface area contributed by atoms with Crippen LogP contribution < -0.4 is 5.73 Å². The standard InChI is InChI=1S/C9H17NO3/c1-5-7(10)13-6-9(2,3)8(11)12-4/h5H,6,10H2,1-4H3/b7-5+. The van der Waals surface area contributed by atoms with Crippen LogP contribution in [0.1, 0.15) is 20.8 Å². The Balaban J connectivity index is 4.11. The van der Waals surface area contributed by atoms with Gasteiger partial charge in [0.05, 0.1) is 12.5 Å². The number of ether oxygens (including phenoxy) is 2. The molecule has 76 valence electrons. The molecule has 0 atom stereocenters. The van der Waals surface area contributed by atoms with Gasteiger partial charge in [-0.2, -0.15) is 0 Å². The highest BCUT2D eigenvalue weighted by atomic mass is 16.5. The van der Waals surface area contributed by atoms with Gasteiger partial charge in [-0.05, 0) is 26.8 Å². The maximum atomic E-state index is 11.2. The van der Waals surface area contributed by atoms with E-state index < -0.39 is 5.41 Å². The van der Waals surface area contributed by atoms with E-state index >= 15 is 0 Å². The smallest absolute Gasteiger partial charge is 0.314 e. The second kappa shape index (κ2) is 4.74. The van der Waals surface area contributed by atoms with Gasteiger partial charge in [-0.15, -0.1) is 0 Å². The summed E-state index contributed by atoms with van der Waals surface area (Å²) in [6, 6.07) is 0. The van der Waals surface area contributed by atoms with Gasteiger partial charge in [0.1, 0.15) is 6.61 Å². The average molecular weight is 187 g/mol. The quantitative estimate of drug-likeness (QED) is 0.527. The van der Waals surface area contributed by atoms with Crippen molar-refractivity contribution in [2.75, 3.05) is 13.7 Å². The largest absolute Gasteiger partial charge is 0.478 e. The van der Waals surface area contributed by atoms with Crippen molar-refractivity contribution in [2.45, 2.75) is 20.8 Å². The monoisotopic (exact) mass is 187 g/mol.